The third-order valence-electron chi connectivity index (χ3n) is 2.06. The number of nitrogens with one attached hydrogen (secondary N) is 2. The lowest BCUT2D eigenvalue weighted by Gasteiger charge is -2.00. The Morgan fingerprint density at radius 1 is 1.50 bits per heavy atom. The van der Waals surface area contributed by atoms with Crippen molar-refractivity contribution in [3.63, 3.8) is 0 Å². The molecule has 0 aliphatic rings. The van der Waals surface area contributed by atoms with Crippen molar-refractivity contribution in [2.75, 3.05) is 11.0 Å². The molecule has 2 rings (SSSR count). The van der Waals surface area contributed by atoms with E-state index in [2.05, 4.69) is 30.8 Å². The molecule has 0 radical (unpaired) electrons. The van der Waals surface area contributed by atoms with Crippen LogP contribution in [0.25, 0.3) is 10.9 Å². The first-order valence-corrected chi connectivity index (χ1v) is 7.51. The van der Waals surface area contributed by atoms with Gasteiger partial charge in [-0.15, -0.1) is 0 Å². The fraction of sp³-hybridized carbons (Fsp3) is 0.222. The van der Waals surface area contributed by atoms with Crippen LogP contribution in [-0.2, 0) is 15.4 Å². The SMILES string of the molecule is CS(=O)(=O)Nc1n[nH]c2ccc(CBr)cc12. The van der Waals surface area contributed by atoms with Crippen LogP contribution in [0.4, 0.5) is 5.82 Å². The van der Waals surface area contributed by atoms with Crippen LogP contribution in [0.15, 0.2) is 18.2 Å². The van der Waals surface area contributed by atoms with Gasteiger partial charge in [-0.05, 0) is 17.7 Å². The highest BCUT2D eigenvalue weighted by Crippen LogP contribution is 2.23. The lowest BCUT2D eigenvalue weighted by molar-refractivity contribution is 0.606. The Morgan fingerprint density at radius 3 is 2.88 bits per heavy atom. The first-order chi connectivity index (χ1) is 7.49. The number of aromatic nitrogens is 2. The Hall–Kier alpha value is -1.08. The van der Waals surface area contributed by atoms with Gasteiger partial charge in [0.05, 0.1) is 11.8 Å². The molecule has 7 heteroatoms. The maximum Gasteiger partial charge on any atom is 0.231 e. The number of anilines is 1. The van der Waals surface area contributed by atoms with Crippen LogP contribution in [0.2, 0.25) is 0 Å². The second kappa shape index (κ2) is 4.06. The highest BCUT2D eigenvalue weighted by Gasteiger charge is 2.10. The summed E-state index contributed by atoms with van der Waals surface area (Å²) in [6.45, 7) is 0. The molecule has 0 saturated carbocycles. The maximum atomic E-state index is 11.1. The monoisotopic (exact) mass is 303 g/mol. The van der Waals surface area contributed by atoms with Crippen molar-refractivity contribution in [1.82, 2.24) is 10.2 Å². The van der Waals surface area contributed by atoms with Gasteiger partial charge >= 0.3 is 0 Å². The van der Waals surface area contributed by atoms with E-state index in [1.54, 1.807) is 0 Å². The number of alkyl halides is 1. The summed E-state index contributed by atoms with van der Waals surface area (Å²) < 4.78 is 24.6. The molecule has 1 heterocycles. The first kappa shape index (κ1) is 11.4. The number of hydrogen-bond donors (Lipinski definition) is 2. The van der Waals surface area contributed by atoms with E-state index in [9.17, 15) is 8.42 Å². The predicted molar refractivity (Wildman–Crippen MR) is 67.2 cm³/mol. The summed E-state index contributed by atoms with van der Waals surface area (Å²) in [5.74, 6) is 0.334. The minimum atomic E-state index is -3.30. The van der Waals surface area contributed by atoms with E-state index < -0.39 is 10.0 Å². The van der Waals surface area contributed by atoms with Crippen LogP contribution >= 0.6 is 15.9 Å². The minimum absolute atomic E-state index is 0.334. The number of aromatic amines is 1. The molecular formula is C9H10BrN3O2S. The molecule has 0 saturated heterocycles. The Bertz CT molecular complexity index is 621. The Kier molecular flexibility index (Phi) is 2.90. The molecule has 16 heavy (non-hydrogen) atoms. The number of nitrogens with zero attached hydrogens (tertiary/aromatic N) is 1. The van der Waals surface area contributed by atoms with Gasteiger partial charge in [-0.3, -0.25) is 9.82 Å². The molecule has 0 aliphatic carbocycles. The van der Waals surface area contributed by atoms with Gasteiger partial charge in [0.1, 0.15) is 0 Å². The standard InChI is InChI=1S/C9H10BrN3O2S/c1-16(14,15)13-9-7-4-6(5-10)2-3-8(7)11-12-9/h2-4H,5H2,1H3,(H2,11,12,13). The van der Waals surface area contributed by atoms with E-state index in [4.69, 9.17) is 0 Å². The van der Waals surface area contributed by atoms with Gasteiger partial charge in [0.2, 0.25) is 10.0 Å². The lowest BCUT2D eigenvalue weighted by Crippen LogP contribution is -2.09. The number of hydrogen-bond acceptors (Lipinski definition) is 3. The van der Waals surface area contributed by atoms with E-state index in [-0.39, 0.29) is 0 Å². The fourth-order valence-corrected chi connectivity index (χ4v) is 2.25. The molecule has 2 aromatic rings. The molecular weight excluding hydrogens is 294 g/mol. The van der Waals surface area contributed by atoms with Gasteiger partial charge in [0, 0.05) is 10.7 Å². The van der Waals surface area contributed by atoms with Crippen LogP contribution in [0.5, 0.6) is 0 Å². The van der Waals surface area contributed by atoms with E-state index in [0.29, 0.717) is 11.1 Å². The molecule has 0 spiro atoms. The Morgan fingerprint density at radius 2 is 2.25 bits per heavy atom. The highest BCUT2D eigenvalue weighted by molar-refractivity contribution is 9.08. The van der Waals surface area contributed by atoms with Crippen LogP contribution in [0, 0.1) is 0 Å². The van der Waals surface area contributed by atoms with Crippen molar-refractivity contribution < 1.29 is 8.42 Å². The lowest BCUT2D eigenvalue weighted by atomic mass is 10.2. The number of H-pyrrole nitrogens is 1. The summed E-state index contributed by atoms with van der Waals surface area (Å²) in [7, 11) is -3.30. The topological polar surface area (TPSA) is 74.8 Å². The van der Waals surface area contributed by atoms with Crippen LogP contribution in [0.1, 0.15) is 5.56 Å². The van der Waals surface area contributed by atoms with Crippen molar-refractivity contribution in [2.45, 2.75) is 5.33 Å². The second-order valence-electron chi connectivity index (χ2n) is 3.46. The molecule has 0 atom stereocenters. The van der Waals surface area contributed by atoms with Crippen molar-refractivity contribution in [2.24, 2.45) is 0 Å². The quantitative estimate of drug-likeness (QED) is 0.850. The number of halogens is 1. The summed E-state index contributed by atoms with van der Waals surface area (Å²) in [6.07, 6.45) is 1.10. The van der Waals surface area contributed by atoms with Gasteiger partial charge in [0.25, 0.3) is 0 Å². The highest BCUT2D eigenvalue weighted by atomic mass is 79.9. The molecule has 0 amide bonds. The van der Waals surface area contributed by atoms with E-state index in [1.165, 1.54) is 0 Å². The van der Waals surface area contributed by atoms with Crippen molar-refractivity contribution >= 4 is 42.7 Å². The Labute approximate surface area is 101 Å². The van der Waals surface area contributed by atoms with Crippen LogP contribution < -0.4 is 4.72 Å². The summed E-state index contributed by atoms with van der Waals surface area (Å²) in [5.41, 5.74) is 1.86. The fourth-order valence-electron chi connectivity index (χ4n) is 1.40. The zero-order valence-electron chi connectivity index (χ0n) is 8.49. The molecule has 86 valence electrons. The number of sulfonamides is 1. The molecule has 0 unspecified atom stereocenters. The number of fused-ring (bicyclic) bond motifs is 1. The van der Waals surface area contributed by atoms with Crippen molar-refractivity contribution in [3.05, 3.63) is 23.8 Å². The van der Waals surface area contributed by atoms with Crippen LogP contribution in [0.3, 0.4) is 0 Å². The second-order valence-corrected chi connectivity index (χ2v) is 5.77. The van der Waals surface area contributed by atoms with E-state index in [1.807, 2.05) is 18.2 Å². The normalized spacial score (nSPS) is 11.9. The molecule has 1 aromatic heterocycles. The first-order valence-electron chi connectivity index (χ1n) is 4.50. The van der Waals surface area contributed by atoms with E-state index in [0.717, 1.165) is 22.7 Å². The largest absolute Gasteiger partial charge is 0.276 e. The minimum Gasteiger partial charge on any atom is -0.276 e. The number of benzene rings is 1. The average Bonchev–Trinajstić information content (AvgIpc) is 2.58. The van der Waals surface area contributed by atoms with Gasteiger partial charge < -0.3 is 0 Å². The van der Waals surface area contributed by atoms with Gasteiger partial charge in [-0.2, -0.15) is 5.10 Å². The third kappa shape index (κ3) is 2.35. The zero-order valence-corrected chi connectivity index (χ0v) is 10.9. The molecule has 1 aromatic carbocycles. The van der Waals surface area contributed by atoms with Crippen molar-refractivity contribution in [3.8, 4) is 0 Å². The number of rotatable bonds is 3. The average molecular weight is 304 g/mol. The summed E-state index contributed by atoms with van der Waals surface area (Å²) >= 11 is 3.35. The van der Waals surface area contributed by atoms with Gasteiger partial charge in [-0.25, -0.2) is 8.42 Å². The van der Waals surface area contributed by atoms with Gasteiger partial charge in [-0.1, -0.05) is 22.0 Å². The summed E-state index contributed by atoms with van der Waals surface area (Å²) in [6, 6.07) is 5.70. The summed E-state index contributed by atoms with van der Waals surface area (Å²) in [4.78, 5) is 0. The molecule has 2 N–H and O–H groups in total. The third-order valence-corrected chi connectivity index (χ3v) is 3.28. The van der Waals surface area contributed by atoms with Crippen molar-refractivity contribution in [1.29, 1.82) is 0 Å². The zero-order chi connectivity index (χ0) is 11.8. The molecule has 0 bridgehead atoms. The molecule has 0 fully saturated rings. The smallest absolute Gasteiger partial charge is 0.231 e. The summed E-state index contributed by atoms with van der Waals surface area (Å²) in [5, 5.41) is 8.18. The van der Waals surface area contributed by atoms with Crippen LogP contribution in [-0.4, -0.2) is 24.9 Å². The van der Waals surface area contributed by atoms with Gasteiger partial charge in [0.15, 0.2) is 5.82 Å². The van der Waals surface area contributed by atoms with E-state index >= 15 is 0 Å². The molecule has 0 aliphatic heterocycles. The molecule has 5 nitrogen and oxygen atoms in total. The predicted octanol–water partition coefficient (Wildman–Crippen LogP) is 1.83. The Balaban J connectivity index is 2.54. The maximum absolute atomic E-state index is 11.1.